The number of hydrogen-bond donors (Lipinski definition) is 1. The number of rotatable bonds is 5. The lowest BCUT2D eigenvalue weighted by Crippen LogP contribution is -2.30. The van der Waals surface area contributed by atoms with Crippen molar-refractivity contribution in [2.24, 2.45) is 5.73 Å². The van der Waals surface area contributed by atoms with Gasteiger partial charge in [-0.15, -0.1) is 0 Å². The van der Waals surface area contributed by atoms with Crippen molar-refractivity contribution < 1.29 is 4.42 Å². The highest BCUT2D eigenvalue weighted by atomic mass is 35.5. The molecule has 2 rings (SSSR count). The first-order valence-corrected chi connectivity index (χ1v) is 6.73. The van der Waals surface area contributed by atoms with E-state index in [1.807, 2.05) is 25.2 Å². The summed E-state index contributed by atoms with van der Waals surface area (Å²) in [5.74, 6) is 0. The second-order valence-electron chi connectivity index (χ2n) is 4.47. The fourth-order valence-corrected chi connectivity index (χ4v) is 2.38. The van der Waals surface area contributed by atoms with Crippen LogP contribution in [0, 0.1) is 0 Å². The summed E-state index contributed by atoms with van der Waals surface area (Å²) in [6, 6.07) is 7.65. The van der Waals surface area contributed by atoms with Crippen LogP contribution in [0.4, 0.5) is 0 Å². The molecular formula is C14H16Cl2N2O. The van der Waals surface area contributed by atoms with Gasteiger partial charge in [0.25, 0.3) is 0 Å². The lowest BCUT2D eigenvalue weighted by atomic mass is 10.1. The Bertz CT molecular complexity index is 528. The molecule has 0 fully saturated rings. The van der Waals surface area contributed by atoms with Crippen molar-refractivity contribution in [3.63, 3.8) is 0 Å². The van der Waals surface area contributed by atoms with Gasteiger partial charge in [-0.1, -0.05) is 29.3 Å². The first-order chi connectivity index (χ1) is 9.11. The van der Waals surface area contributed by atoms with E-state index in [4.69, 9.17) is 33.4 Å². The maximum Gasteiger partial charge on any atom is 0.0947 e. The smallest absolute Gasteiger partial charge is 0.0947 e. The summed E-state index contributed by atoms with van der Waals surface area (Å²) in [5.41, 5.74) is 8.05. The normalized spacial score (nSPS) is 12.9. The van der Waals surface area contributed by atoms with Crippen molar-refractivity contribution in [1.29, 1.82) is 0 Å². The van der Waals surface area contributed by atoms with Gasteiger partial charge >= 0.3 is 0 Å². The maximum absolute atomic E-state index is 6.06. The molecule has 0 aliphatic heterocycles. The van der Waals surface area contributed by atoms with Crippen molar-refractivity contribution in [2.45, 2.75) is 12.6 Å². The predicted octanol–water partition coefficient (Wildman–Crippen LogP) is 3.72. The topological polar surface area (TPSA) is 42.4 Å². The minimum Gasteiger partial charge on any atom is -0.472 e. The number of hydrogen-bond acceptors (Lipinski definition) is 3. The van der Waals surface area contributed by atoms with Gasteiger partial charge in [0, 0.05) is 24.7 Å². The zero-order valence-electron chi connectivity index (χ0n) is 10.6. The SMILES string of the molecule is CN(Cc1ccoc1)C(CN)c1ccc(Cl)c(Cl)c1. The Morgan fingerprint density at radius 3 is 2.63 bits per heavy atom. The second-order valence-corrected chi connectivity index (χ2v) is 5.29. The van der Waals surface area contributed by atoms with E-state index < -0.39 is 0 Å². The third-order valence-corrected chi connectivity index (χ3v) is 3.83. The zero-order chi connectivity index (χ0) is 13.8. The fourth-order valence-electron chi connectivity index (χ4n) is 2.07. The number of likely N-dealkylation sites (N-methyl/N-ethyl adjacent to an activating group) is 1. The standard InChI is InChI=1S/C14H16Cl2N2O/c1-18(8-10-4-5-19-9-10)14(7-17)11-2-3-12(15)13(16)6-11/h2-6,9,14H,7-8,17H2,1H3. The molecular weight excluding hydrogens is 283 g/mol. The summed E-state index contributed by atoms with van der Waals surface area (Å²) in [6.45, 7) is 1.27. The summed E-state index contributed by atoms with van der Waals surface area (Å²) in [6.07, 6.45) is 3.40. The van der Waals surface area contributed by atoms with Gasteiger partial charge in [0.2, 0.25) is 0 Å². The molecule has 1 heterocycles. The molecule has 3 nitrogen and oxygen atoms in total. The first kappa shape index (κ1) is 14.4. The van der Waals surface area contributed by atoms with Crippen molar-refractivity contribution in [3.05, 3.63) is 58.0 Å². The molecule has 0 bridgehead atoms. The summed E-state index contributed by atoms with van der Waals surface area (Å²) in [7, 11) is 2.02. The third-order valence-electron chi connectivity index (χ3n) is 3.10. The maximum atomic E-state index is 6.06. The molecule has 2 N–H and O–H groups in total. The van der Waals surface area contributed by atoms with E-state index in [1.165, 1.54) is 0 Å². The van der Waals surface area contributed by atoms with Crippen LogP contribution in [0.2, 0.25) is 10.0 Å². The van der Waals surface area contributed by atoms with Crippen LogP contribution < -0.4 is 5.73 Å². The van der Waals surface area contributed by atoms with Gasteiger partial charge in [-0.25, -0.2) is 0 Å². The zero-order valence-corrected chi connectivity index (χ0v) is 12.2. The summed E-state index contributed by atoms with van der Waals surface area (Å²) in [4.78, 5) is 2.16. The van der Waals surface area contributed by atoms with Crippen molar-refractivity contribution in [3.8, 4) is 0 Å². The molecule has 0 saturated heterocycles. The number of nitrogens with zero attached hydrogens (tertiary/aromatic N) is 1. The molecule has 1 atom stereocenters. The minimum atomic E-state index is 0.0877. The highest BCUT2D eigenvalue weighted by Crippen LogP contribution is 2.28. The molecule has 19 heavy (non-hydrogen) atoms. The van der Waals surface area contributed by atoms with Crippen LogP contribution in [0.5, 0.6) is 0 Å². The average Bonchev–Trinajstić information content (AvgIpc) is 2.87. The van der Waals surface area contributed by atoms with E-state index in [0.29, 0.717) is 16.6 Å². The van der Waals surface area contributed by atoms with Gasteiger partial charge < -0.3 is 10.2 Å². The molecule has 1 aromatic heterocycles. The van der Waals surface area contributed by atoms with E-state index in [0.717, 1.165) is 17.7 Å². The Morgan fingerprint density at radius 1 is 1.26 bits per heavy atom. The third kappa shape index (κ3) is 3.51. The molecule has 0 aliphatic carbocycles. The van der Waals surface area contributed by atoms with Crippen LogP contribution in [-0.4, -0.2) is 18.5 Å². The van der Waals surface area contributed by atoms with Crippen LogP contribution in [-0.2, 0) is 6.54 Å². The van der Waals surface area contributed by atoms with E-state index >= 15 is 0 Å². The highest BCUT2D eigenvalue weighted by molar-refractivity contribution is 6.42. The number of furan rings is 1. The van der Waals surface area contributed by atoms with Gasteiger partial charge in [-0.2, -0.15) is 0 Å². The summed E-state index contributed by atoms with van der Waals surface area (Å²) >= 11 is 12.0. The number of nitrogens with two attached hydrogens (primary N) is 1. The minimum absolute atomic E-state index is 0.0877. The summed E-state index contributed by atoms with van der Waals surface area (Å²) in [5, 5.41) is 1.10. The Kier molecular flexibility index (Phi) is 4.88. The Balaban J connectivity index is 2.16. The van der Waals surface area contributed by atoms with E-state index in [1.54, 1.807) is 18.6 Å². The Hall–Kier alpha value is -1.000. The van der Waals surface area contributed by atoms with Gasteiger partial charge in [0.15, 0.2) is 0 Å². The lowest BCUT2D eigenvalue weighted by molar-refractivity contribution is 0.241. The number of benzene rings is 1. The molecule has 0 aliphatic rings. The molecule has 2 aromatic rings. The van der Waals surface area contributed by atoms with Gasteiger partial charge in [-0.05, 0) is 30.8 Å². The molecule has 1 unspecified atom stereocenters. The van der Waals surface area contributed by atoms with Gasteiger partial charge in [0.05, 0.1) is 22.6 Å². The van der Waals surface area contributed by atoms with E-state index in [-0.39, 0.29) is 6.04 Å². The molecule has 0 saturated carbocycles. The highest BCUT2D eigenvalue weighted by Gasteiger charge is 2.17. The Morgan fingerprint density at radius 2 is 2.05 bits per heavy atom. The molecule has 102 valence electrons. The molecule has 0 radical (unpaired) electrons. The Labute approximate surface area is 122 Å². The lowest BCUT2D eigenvalue weighted by Gasteiger charge is -2.27. The summed E-state index contributed by atoms with van der Waals surface area (Å²) < 4.78 is 5.07. The van der Waals surface area contributed by atoms with Crippen molar-refractivity contribution in [1.82, 2.24) is 4.90 Å². The molecule has 0 spiro atoms. The van der Waals surface area contributed by atoms with Crippen LogP contribution in [0.15, 0.2) is 41.2 Å². The molecule has 5 heteroatoms. The van der Waals surface area contributed by atoms with Gasteiger partial charge in [-0.3, -0.25) is 4.90 Å². The average molecular weight is 299 g/mol. The fraction of sp³-hybridized carbons (Fsp3) is 0.286. The van der Waals surface area contributed by atoms with Crippen LogP contribution >= 0.6 is 23.2 Å². The molecule has 1 aromatic carbocycles. The van der Waals surface area contributed by atoms with Crippen molar-refractivity contribution >= 4 is 23.2 Å². The number of halogens is 2. The first-order valence-electron chi connectivity index (χ1n) is 5.98. The van der Waals surface area contributed by atoms with Crippen LogP contribution in [0.25, 0.3) is 0 Å². The monoisotopic (exact) mass is 298 g/mol. The van der Waals surface area contributed by atoms with E-state index in [9.17, 15) is 0 Å². The molecule has 0 amide bonds. The van der Waals surface area contributed by atoms with Crippen LogP contribution in [0.1, 0.15) is 17.2 Å². The quantitative estimate of drug-likeness (QED) is 0.915. The predicted molar refractivity (Wildman–Crippen MR) is 78.4 cm³/mol. The van der Waals surface area contributed by atoms with Gasteiger partial charge in [0.1, 0.15) is 0 Å². The van der Waals surface area contributed by atoms with Crippen LogP contribution in [0.3, 0.4) is 0 Å². The second kappa shape index (κ2) is 6.44. The largest absolute Gasteiger partial charge is 0.472 e. The van der Waals surface area contributed by atoms with E-state index in [2.05, 4.69) is 4.90 Å². The van der Waals surface area contributed by atoms with Crippen molar-refractivity contribution in [2.75, 3.05) is 13.6 Å².